The van der Waals surface area contributed by atoms with Crippen molar-refractivity contribution in [3.8, 4) is 17.5 Å². The zero-order valence-electron chi connectivity index (χ0n) is 14.5. The molecule has 0 amide bonds. The molecule has 0 unspecified atom stereocenters. The molecule has 0 fully saturated rings. The summed E-state index contributed by atoms with van der Waals surface area (Å²) in [4.78, 5) is 20.8. The third-order valence-electron chi connectivity index (χ3n) is 4.09. The quantitative estimate of drug-likeness (QED) is 0.394. The number of hydrogen-bond acceptors (Lipinski definition) is 5. The Hall–Kier alpha value is -3.45. The molecule has 2 aromatic heterocycles. The van der Waals surface area contributed by atoms with E-state index in [1.54, 1.807) is 0 Å². The Balaban J connectivity index is 1.90. The number of thioether (sulfide) groups is 1. The molecule has 4 aromatic rings. The number of nitrogens with one attached hydrogen (secondary N) is 1. The van der Waals surface area contributed by atoms with Gasteiger partial charge in [-0.05, 0) is 30.3 Å². The maximum atomic E-state index is 13.2. The Bertz CT molecular complexity index is 1300. The Morgan fingerprint density at radius 1 is 1.17 bits per heavy atom. The van der Waals surface area contributed by atoms with Gasteiger partial charge in [0.15, 0.2) is 5.16 Å². The molecular formula is C19H11F3N4O2S. The van der Waals surface area contributed by atoms with E-state index in [1.807, 2.05) is 30.3 Å². The molecule has 0 radical (unpaired) electrons. The SMILES string of the molecule is N#CCSc1nc2c([nH]c3ccccc32)c(=O)n1-c1ccc(OC(F)(F)F)cc1. The van der Waals surface area contributed by atoms with E-state index in [0.717, 1.165) is 34.8 Å². The molecule has 2 heterocycles. The summed E-state index contributed by atoms with van der Waals surface area (Å²) in [5.41, 5.74) is 1.35. The van der Waals surface area contributed by atoms with Crippen molar-refractivity contribution in [1.82, 2.24) is 14.5 Å². The number of fused-ring (bicyclic) bond motifs is 3. The number of halogens is 3. The van der Waals surface area contributed by atoms with E-state index >= 15 is 0 Å². The van der Waals surface area contributed by atoms with Gasteiger partial charge in [-0.2, -0.15) is 5.26 Å². The number of rotatable bonds is 4. The molecule has 1 N–H and O–H groups in total. The number of hydrogen-bond donors (Lipinski definition) is 1. The van der Waals surface area contributed by atoms with Crippen molar-refractivity contribution < 1.29 is 17.9 Å². The number of aromatic amines is 1. The van der Waals surface area contributed by atoms with E-state index in [9.17, 15) is 18.0 Å². The fourth-order valence-corrected chi connectivity index (χ4v) is 3.63. The molecule has 0 aliphatic carbocycles. The maximum absolute atomic E-state index is 13.2. The van der Waals surface area contributed by atoms with Crippen molar-refractivity contribution >= 4 is 33.7 Å². The molecule has 0 bridgehead atoms. The highest BCUT2D eigenvalue weighted by atomic mass is 32.2. The topological polar surface area (TPSA) is 83.7 Å². The summed E-state index contributed by atoms with van der Waals surface area (Å²) < 4.78 is 42.3. The van der Waals surface area contributed by atoms with E-state index in [0.29, 0.717) is 11.2 Å². The average Bonchev–Trinajstić information content (AvgIpc) is 3.05. The van der Waals surface area contributed by atoms with Gasteiger partial charge in [-0.15, -0.1) is 13.2 Å². The summed E-state index contributed by atoms with van der Waals surface area (Å²) in [6, 6.07) is 14.2. The standard InChI is InChI=1S/C19H11F3N4O2S/c20-19(21,22)28-12-7-5-11(6-8-12)26-17(27)16-15(25-18(26)29-10-9-23)13-3-1-2-4-14(13)24-16/h1-8,24H,10H2. The molecule has 6 nitrogen and oxygen atoms in total. The minimum Gasteiger partial charge on any atom is -0.406 e. The van der Waals surface area contributed by atoms with Gasteiger partial charge in [0.2, 0.25) is 0 Å². The molecule has 0 aliphatic rings. The smallest absolute Gasteiger partial charge is 0.406 e. The molecule has 29 heavy (non-hydrogen) atoms. The van der Waals surface area contributed by atoms with E-state index in [2.05, 4.69) is 14.7 Å². The number of alkyl halides is 3. The molecule has 0 spiro atoms. The monoisotopic (exact) mass is 416 g/mol. The predicted octanol–water partition coefficient (Wildman–Crippen LogP) is 4.38. The zero-order valence-corrected chi connectivity index (χ0v) is 15.3. The van der Waals surface area contributed by atoms with Gasteiger partial charge < -0.3 is 9.72 Å². The molecule has 0 saturated heterocycles. The number of nitrogens with zero attached hydrogens (tertiary/aromatic N) is 3. The van der Waals surface area contributed by atoms with Crippen molar-refractivity contribution in [2.24, 2.45) is 0 Å². The second kappa shape index (κ2) is 7.18. The number of para-hydroxylation sites is 1. The molecule has 4 rings (SSSR count). The van der Waals surface area contributed by atoms with E-state index in [-0.39, 0.29) is 16.4 Å². The summed E-state index contributed by atoms with van der Waals surface area (Å²) in [6.07, 6.45) is -4.81. The van der Waals surface area contributed by atoms with Crippen LogP contribution in [0.3, 0.4) is 0 Å². The molecule has 0 atom stereocenters. The van der Waals surface area contributed by atoms with Crippen LogP contribution < -0.4 is 10.3 Å². The first-order valence-corrected chi connectivity index (χ1v) is 9.25. The van der Waals surface area contributed by atoms with E-state index in [4.69, 9.17) is 5.26 Å². The molecule has 2 aromatic carbocycles. The fourth-order valence-electron chi connectivity index (χ4n) is 2.96. The predicted molar refractivity (Wildman–Crippen MR) is 102 cm³/mol. The molecule has 0 aliphatic heterocycles. The van der Waals surface area contributed by atoms with Crippen LogP contribution in [0, 0.1) is 11.3 Å². The zero-order chi connectivity index (χ0) is 20.6. The first-order chi connectivity index (χ1) is 13.9. The number of ether oxygens (including phenoxy) is 1. The Morgan fingerprint density at radius 2 is 1.90 bits per heavy atom. The van der Waals surface area contributed by atoms with Crippen LogP contribution in [0.4, 0.5) is 13.2 Å². The summed E-state index contributed by atoms with van der Waals surface area (Å²) in [7, 11) is 0. The minimum absolute atomic E-state index is 0.0512. The fraction of sp³-hybridized carbons (Fsp3) is 0.105. The van der Waals surface area contributed by atoms with Crippen LogP contribution >= 0.6 is 11.8 Å². The minimum atomic E-state index is -4.81. The highest BCUT2D eigenvalue weighted by Crippen LogP contribution is 2.28. The van der Waals surface area contributed by atoms with Gasteiger partial charge in [0.25, 0.3) is 5.56 Å². The second-order valence-corrected chi connectivity index (χ2v) is 6.86. The van der Waals surface area contributed by atoms with Crippen LogP contribution in [0.5, 0.6) is 5.75 Å². The lowest BCUT2D eigenvalue weighted by molar-refractivity contribution is -0.274. The van der Waals surface area contributed by atoms with Gasteiger partial charge in [0.05, 0.1) is 17.5 Å². The largest absolute Gasteiger partial charge is 0.573 e. The van der Waals surface area contributed by atoms with E-state index < -0.39 is 17.7 Å². The lowest BCUT2D eigenvalue weighted by Crippen LogP contribution is -2.22. The molecular weight excluding hydrogens is 405 g/mol. The van der Waals surface area contributed by atoms with Crippen LogP contribution in [-0.4, -0.2) is 26.7 Å². The van der Waals surface area contributed by atoms with Gasteiger partial charge in [0.1, 0.15) is 16.8 Å². The van der Waals surface area contributed by atoms with E-state index in [1.165, 1.54) is 16.7 Å². The summed E-state index contributed by atoms with van der Waals surface area (Å²) in [5.74, 6) is -0.351. The lowest BCUT2D eigenvalue weighted by Gasteiger charge is -2.13. The summed E-state index contributed by atoms with van der Waals surface area (Å²) in [6.45, 7) is 0. The number of H-pyrrole nitrogens is 1. The van der Waals surface area contributed by atoms with Gasteiger partial charge >= 0.3 is 6.36 Å². The normalized spacial score (nSPS) is 11.7. The molecule has 10 heteroatoms. The van der Waals surface area contributed by atoms with Crippen LogP contribution in [0.2, 0.25) is 0 Å². The van der Waals surface area contributed by atoms with Crippen LogP contribution in [0.25, 0.3) is 27.6 Å². The molecule has 0 saturated carbocycles. The second-order valence-electron chi connectivity index (χ2n) is 5.92. The lowest BCUT2D eigenvalue weighted by atomic mass is 10.2. The summed E-state index contributed by atoms with van der Waals surface area (Å²) in [5, 5.41) is 9.96. The number of aromatic nitrogens is 3. The van der Waals surface area contributed by atoms with Crippen molar-refractivity contribution in [3.63, 3.8) is 0 Å². The van der Waals surface area contributed by atoms with Gasteiger partial charge in [0, 0.05) is 10.9 Å². The highest BCUT2D eigenvalue weighted by Gasteiger charge is 2.31. The average molecular weight is 416 g/mol. The number of nitriles is 1. The maximum Gasteiger partial charge on any atom is 0.573 e. The Kier molecular flexibility index (Phi) is 4.68. The van der Waals surface area contributed by atoms with Crippen LogP contribution in [0.15, 0.2) is 58.5 Å². The van der Waals surface area contributed by atoms with Crippen molar-refractivity contribution in [2.45, 2.75) is 11.5 Å². The third-order valence-corrected chi connectivity index (χ3v) is 4.89. The molecule has 146 valence electrons. The third kappa shape index (κ3) is 3.64. The Morgan fingerprint density at radius 3 is 2.59 bits per heavy atom. The first-order valence-electron chi connectivity index (χ1n) is 8.27. The first kappa shape index (κ1) is 18.9. The highest BCUT2D eigenvalue weighted by molar-refractivity contribution is 7.99. The van der Waals surface area contributed by atoms with Gasteiger partial charge in [-0.1, -0.05) is 30.0 Å². The number of benzene rings is 2. The van der Waals surface area contributed by atoms with Crippen LogP contribution in [0.1, 0.15) is 0 Å². The Labute approximate surface area is 165 Å². The van der Waals surface area contributed by atoms with Crippen molar-refractivity contribution in [1.29, 1.82) is 5.26 Å². The summed E-state index contributed by atoms with van der Waals surface area (Å²) >= 11 is 1.06. The van der Waals surface area contributed by atoms with Gasteiger partial charge in [-0.3, -0.25) is 9.36 Å². The van der Waals surface area contributed by atoms with Gasteiger partial charge in [-0.25, -0.2) is 4.98 Å². The van der Waals surface area contributed by atoms with Crippen molar-refractivity contribution in [3.05, 3.63) is 58.9 Å². The van der Waals surface area contributed by atoms with Crippen molar-refractivity contribution in [2.75, 3.05) is 5.75 Å². The van der Waals surface area contributed by atoms with Crippen LogP contribution in [-0.2, 0) is 0 Å².